The normalized spacial score (nSPS) is 19.4. The fourth-order valence-corrected chi connectivity index (χ4v) is 4.89. The number of terminal acetylenes is 1. The first-order valence-electron chi connectivity index (χ1n) is 11.6. The van der Waals surface area contributed by atoms with Gasteiger partial charge in [-0.1, -0.05) is 48.5 Å². The van der Waals surface area contributed by atoms with Crippen LogP contribution in [0.25, 0.3) is 11.1 Å². The number of alkyl carbamates (subject to hydrolysis) is 1. The number of nitrogens with zero attached hydrogens (tertiary/aromatic N) is 1. The number of ether oxygens (including phenoxy) is 2. The van der Waals surface area contributed by atoms with Crippen molar-refractivity contribution in [2.75, 3.05) is 26.3 Å². The Bertz CT molecular complexity index is 1110. The number of carbonyl (C=O) groups excluding carboxylic acids is 2. The number of carboxylic acids is 1. The lowest BCUT2D eigenvalue weighted by molar-refractivity contribution is -0.145. The molecule has 182 valence electrons. The standard InChI is InChI=1S/C27H28N2O6/c1-3-9-23(25(30)29-14-21(26(31)32)24(15-29)34-4-2)28-27(33)35-16-22-19-12-7-5-10-17(19)18-11-6-8-13-20(18)22/h1,5-8,10-13,21-24H,4,9,14-16H2,2H3,(H,28,33)(H,31,32). The Hall–Kier alpha value is -3.83. The van der Waals surface area contributed by atoms with Gasteiger partial charge in [-0.2, -0.15) is 0 Å². The van der Waals surface area contributed by atoms with Gasteiger partial charge in [0.15, 0.2) is 0 Å². The molecule has 3 atom stereocenters. The van der Waals surface area contributed by atoms with Crippen molar-refractivity contribution in [1.29, 1.82) is 0 Å². The molecule has 0 spiro atoms. The van der Waals surface area contributed by atoms with Crippen molar-refractivity contribution in [3.63, 3.8) is 0 Å². The zero-order valence-corrected chi connectivity index (χ0v) is 19.5. The third-order valence-corrected chi connectivity index (χ3v) is 6.53. The molecule has 2 N–H and O–H groups in total. The molecule has 3 unspecified atom stereocenters. The van der Waals surface area contributed by atoms with E-state index in [-0.39, 0.29) is 32.0 Å². The number of nitrogens with one attached hydrogen (secondary N) is 1. The van der Waals surface area contributed by atoms with Crippen LogP contribution in [0.5, 0.6) is 0 Å². The van der Waals surface area contributed by atoms with Crippen LogP contribution in [0, 0.1) is 18.3 Å². The minimum atomic E-state index is -1.03. The van der Waals surface area contributed by atoms with Crippen molar-refractivity contribution in [2.24, 2.45) is 5.92 Å². The summed E-state index contributed by atoms with van der Waals surface area (Å²) in [4.78, 5) is 38.7. The van der Waals surface area contributed by atoms with E-state index in [2.05, 4.69) is 11.2 Å². The molecule has 8 nitrogen and oxygen atoms in total. The SMILES string of the molecule is C#CCC(NC(=O)OCC1c2ccccc2-c2ccccc21)C(=O)N1CC(OCC)C(C(=O)O)C1. The highest BCUT2D eigenvalue weighted by atomic mass is 16.5. The van der Waals surface area contributed by atoms with E-state index in [9.17, 15) is 19.5 Å². The molecule has 35 heavy (non-hydrogen) atoms. The molecule has 1 saturated heterocycles. The van der Waals surface area contributed by atoms with Gasteiger partial charge in [-0.05, 0) is 29.2 Å². The summed E-state index contributed by atoms with van der Waals surface area (Å²) < 4.78 is 11.0. The summed E-state index contributed by atoms with van der Waals surface area (Å²) in [5.41, 5.74) is 4.39. The van der Waals surface area contributed by atoms with Crippen LogP contribution in [0.15, 0.2) is 48.5 Å². The zero-order chi connectivity index (χ0) is 24.9. The monoisotopic (exact) mass is 476 g/mol. The first-order valence-corrected chi connectivity index (χ1v) is 11.6. The van der Waals surface area contributed by atoms with Gasteiger partial charge in [-0.15, -0.1) is 12.3 Å². The molecule has 2 aromatic rings. The van der Waals surface area contributed by atoms with Crippen molar-refractivity contribution in [2.45, 2.75) is 31.4 Å². The summed E-state index contributed by atoms with van der Waals surface area (Å²) in [5.74, 6) is -0.0264. The minimum Gasteiger partial charge on any atom is -0.481 e. The molecule has 2 aromatic carbocycles. The maximum absolute atomic E-state index is 13.1. The molecule has 0 aromatic heterocycles. The van der Waals surface area contributed by atoms with Gasteiger partial charge >= 0.3 is 12.1 Å². The molecule has 0 bridgehead atoms. The second-order valence-corrected chi connectivity index (χ2v) is 8.61. The van der Waals surface area contributed by atoms with E-state index in [1.165, 1.54) is 4.90 Å². The summed E-state index contributed by atoms with van der Waals surface area (Å²) in [7, 11) is 0. The van der Waals surface area contributed by atoms with Gasteiger partial charge in [-0.3, -0.25) is 9.59 Å². The number of aliphatic carboxylic acids is 1. The lowest BCUT2D eigenvalue weighted by atomic mass is 9.98. The Balaban J connectivity index is 1.41. The number of fused-ring (bicyclic) bond motifs is 3. The average molecular weight is 477 g/mol. The largest absolute Gasteiger partial charge is 0.481 e. The predicted octanol–water partition coefficient (Wildman–Crippen LogP) is 2.87. The van der Waals surface area contributed by atoms with Crippen molar-refractivity contribution >= 4 is 18.0 Å². The van der Waals surface area contributed by atoms with E-state index in [4.69, 9.17) is 15.9 Å². The van der Waals surface area contributed by atoms with Gasteiger partial charge in [-0.25, -0.2) is 4.79 Å². The van der Waals surface area contributed by atoms with E-state index < -0.39 is 36.0 Å². The maximum Gasteiger partial charge on any atom is 0.407 e. The molecular weight excluding hydrogens is 448 g/mol. The first-order chi connectivity index (χ1) is 16.9. The van der Waals surface area contributed by atoms with Gasteiger partial charge in [0, 0.05) is 32.0 Å². The molecule has 1 heterocycles. The number of hydrogen-bond acceptors (Lipinski definition) is 5. The molecule has 2 amide bonds. The fourth-order valence-electron chi connectivity index (χ4n) is 4.89. The summed E-state index contributed by atoms with van der Waals surface area (Å²) in [5, 5.41) is 12.0. The summed E-state index contributed by atoms with van der Waals surface area (Å²) in [6, 6.07) is 15.0. The maximum atomic E-state index is 13.1. The quantitative estimate of drug-likeness (QED) is 0.568. The van der Waals surface area contributed by atoms with Crippen LogP contribution >= 0.6 is 0 Å². The molecule has 0 saturated carbocycles. The Labute approximate surface area is 204 Å². The van der Waals surface area contributed by atoms with Crippen molar-refractivity contribution in [1.82, 2.24) is 10.2 Å². The number of hydrogen-bond donors (Lipinski definition) is 2. The minimum absolute atomic E-state index is 0.00766. The highest BCUT2D eigenvalue weighted by Crippen LogP contribution is 2.44. The van der Waals surface area contributed by atoms with Crippen LogP contribution in [-0.2, 0) is 19.1 Å². The average Bonchev–Trinajstić information content (AvgIpc) is 3.42. The zero-order valence-electron chi connectivity index (χ0n) is 19.5. The third kappa shape index (κ3) is 5.00. The van der Waals surface area contributed by atoms with Gasteiger partial charge in [0.25, 0.3) is 0 Å². The number of carboxylic acid groups (broad SMARTS) is 1. The van der Waals surface area contributed by atoms with Crippen LogP contribution in [-0.4, -0.2) is 66.4 Å². The van der Waals surface area contributed by atoms with E-state index in [0.29, 0.717) is 6.61 Å². The molecular formula is C27H28N2O6. The molecule has 8 heteroatoms. The summed E-state index contributed by atoms with van der Waals surface area (Å²) >= 11 is 0. The second-order valence-electron chi connectivity index (χ2n) is 8.61. The van der Waals surface area contributed by atoms with Crippen LogP contribution in [0.1, 0.15) is 30.4 Å². The van der Waals surface area contributed by atoms with Gasteiger partial charge in [0.2, 0.25) is 5.91 Å². The summed E-state index contributed by atoms with van der Waals surface area (Å²) in [6.45, 7) is 2.32. The smallest absolute Gasteiger partial charge is 0.407 e. The Morgan fingerprint density at radius 3 is 2.31 bits per heavy atom. The molecule has 1 aliphatic carbocycles. The first kappa shape index (κ1) is 24.3. The number of rotatable bonds is 8. The van der Waals surface area contributed by atoms with E-state index >= 15 is 0 Å². The van der Waals surface area contributed by atoms with Gasteiger partial charge in [0.1, 0.15) is 18.6 Å². The van der Waals surface area contributed by atoms with Gasteiger partial charge < -0.3 is 24.8 Å². The second kappa shape index (κ2) is 10.6. The van der Waals surface area contributed by atoms with E-state index in [1.54, 1.807) is 6.92 Å². The topological polar surface area (TPSA) is 105 Å². The number of likely N-dealkylation sites (tertiary alicyclic amines) is 1. The number of amides is 2. The number of carbonyl (C=O) groups is 3. The molecule has 1 aliphatic heterocycles. The summed E-state index contributed by atoms with van der Waals surface area (Å²) in [6.07, 6.45) is 4.03. The Kier molecular flexibility index (Phi) is 7.37. The Morgan fingerprint density at radius 1 is 1.11 bits per heavy atom. The number of benzene rings is 2. The lowest BCUT2D eigenvalue weighted by Crippen LogP contribution is -2.48. The fraction of sp³-hybridized carbons (Fsp3) is 0.370. The van der Waals surface area contributed by atoms with Crippen LogP contribution in [0.3, 0.4) is 0 Å². The highest BCUT2D eigenvalue weighted by molar-refractivity contribution is 5.87. The van der Waals surface area contributed by atoms with Crippen LogP contribution < -0.4 is 5.32 Å². The molecule has 1 fully saturated rings. The van der Waals surface area contributed by atoms with Crippen molar-refractivity contribution in [3.8, 4) is 23.5 Å². The lowest BCUT2D eigenvalue weighted by Gasteiger charge is -2.23. The van der Waals surface area contributed by atoms with Crippen molar-refractivity contribution < 1.29 is 29.0 Å². The third-order valence-electron chi connectivity index (χ3n) is 6.53. The molecule has 4 rings (SSSR count). The molecule has 2 aliphatic rings. The molecule has 0 radical (unpaired) electrons. The van der Waals surface area contributed by atoms with Crippen molar-refractivity contribution in [3.05, 3.63) is 59.7 Å². The highest BCUT2D eigenvalue weighted by Gasteiger charge is 2.42. The van der Waals surface area contributed by atoms with Crippen LogP contribution in [0.2, 0.25) is 0 Å². The van der Waals surface area contributed by atoms with E-state index in [0.717, 1.165) is 22.3 Å². The predicted molar refractivity (Wildman–Crippen MR) is 129 cm³/mol. The Morgan fingerprint density at radius 2 is 1.74 bits per heavy atom. The van der Waals surface area contributed by atoms with Gasteiger partial charge in [0.05, 0.1) is 6.10 Å². The van der Waals surface area contributed by atoms with Crippen LogP contribution in [0.4, 0.5) is 4.79 Å². The van der Waals surface area contributed by atoms with E-state index in [1.807, 2.05) is 48.5 Å².